The van der Waals surface area contributed by atoms with E-state index < -0.39 is 5.95 Å². The Labute approximate surface area is 64.0 Å². The standard InChI is InChI=1S/C7H9FN2O/c8-7-6(11-5-3-9)2-1-4-10-7/h1-2,4H,3,5,9H2/i8-1. The molecule has 0 aliphatic heterocycles. The zero-order valence-electron chi connectivity index (χ0n) is 5.96. The summed E-state index contributed by atoms with van der Waals surface area (Å²) < 4.78 is 17.6. The SMILES string of the molecule is NCCOc1cccnc1[18F]. The molecule has 0 fully saturated rings. The molecule has 11 heavy (non-hydrogen) atoms. The average Bonchev–Trinajstić information content (AvgIpc) is 2.03. The summed E-state index contributed by atoms with van der Waals surface area (Å²) in [7, 11) is 0. The number of hydrogen-bond donors (Lipinski definition) is 1. The summed E-state index contributed by atoms with van der Waals surface area (Å²) in [5.74, 6) is -0.445. The fourth-order valence-electron chi connectivity index (χ4n) is 0.648. The van der Waals surface area contributed by atoms with Gasteiger partial charge >= 0.3 is 0 Å². The summed E-state index contributed by atoms with van der Waals surface area (Å²) in [5, 5.41) is 0. The lowest BCUT2D eigenvalue weighted by atomic mass is 10.4. The van der Waals surface area contributed by atoms with Gasteiger partial charge in [-0.15, -0.1) is 0 Å². The van der Waals surface area contributed by atoms with Crippen LogP contribution in [0.1, 0.15) is 0 Å². The van der Waals surface area contributed by atoms with Crippen LogP contribution >= 0.6 is 0 Å². The van der Waals surface area contributed by atoms with Crippen molar-refractivity contribution >= 4 is 0 Å². The lowest BCUT2D eigenvalue weighted by Crippen LogP contribution is -2.11. The van der Waals surface area contributed by atoms with Crippen LogP contribution in [0.25, 0.3) is 0 Å². The fraction of sp³-hybridized carbons (Fsp3) is 0.286. The van der Waals surface area contributed by atoms with E-state index in [1.54, 1.807) is 6.07 Å². The molecular weight excluding hydrogens is 146 g/mol. The van der Waals surface area contributed by atoms with Crippen molar-refractivity contribution in [1.29, 1.82) is 0 Å². The van der Waals surface area contributed by atoms with Crippen LogP contribution in [0.5, 0.6) is 5.75 Å². The van der Waals surface area contributed by atoms with E-state index in [1.165, 1.54) is 12.3 Å². The van der Waals surface area contributed by atoms with E-state index in [0.717, 1.165) is 0 Å². The third-order valence-electron chi connectivity index (χ3n) is 1.10. The molecule has 1 heterocycles. The predicted octanol–water partition coefficient (Wildman–Crippen LogP) is 0.558. The summed E-state index contributed by atoms with van der Waals surface area (Å²) in [5.41, 5.74) is 5.16. The van der Waals surface area contributed by atoms with Crippen LogP contribution in [0.4, 0.5) is 4.39 Å². The molecule has 3 nitrogen and oxygen atoms in total. The lowest BCUT2D eigenvalue weighted by molar-refractivity contribution is 0.306. The highest BCUT2D eigenvalue weighted by atomic mass is 18.2. The van der Waals surface area contributed by atoms with E-state index in [1.807, 2.05) is 0 Å². The molecule has 0 aromatic carbocycles. The van der Waals surface area contributed by atoms with Gasteiger partial charge in [0.1, 0.15) is 6.61 Å². The van der Waals surface area contributed by atoms with Gasteiger partial charge in [-0.1, -0.05) is 0 Å². The van der Waals surface area contributed by atoms with Crippen LogP contribution in [0.15, 0.2) is 18.3 Å². The molecule has 1 rings (SSSR count). The van der Waals surface area contributed by atoms with Gasteiger partial charge in [0.2, 0.25) is 0 Å². The Bertz CT molecular complexity index is 229. The fourth-order valence-corrected chi connectivity index (χ4v) is 0.648. The van der Waals surface area contributed by atoms with Crippen molar-refractivity contribution in [3.05, 3.63) is 24.3 Å². The predicted molar refractivity (Wildman–Crippen MR) is 38.7 cm³/mol. The molecule has 0 atom stereocenters. The van der Waals surface area contributed by atoms with E-state index in [2.05, 4.69) is 4.98 Å². The summed E-state index contributed by atoms with van der Waals surface area (Å²) in [6, 6.07) is 3.12. The Morgan fingerprint density at radius 3 is 3.09 bits per heavy atom. The van der Waals surface area contributed by atoms with Crippen LogP contribution in [0, 0.1) is 5.95 Å². The van der Waals surface area contributed by atoms with Crippen molar-refractivity contribution in [2.24, 2.45) is 5.73 Å². The largest absolute Gasteiger partial charge is 0.487 e. The minimum absolute atomic E-state index is 0.151. The third-order valence-corrected chi connectivity index (χ3v) is 1.10. The van der Waals surface area contributed by atoms with Gasteiger partial charge in [0.05, 0.1) is 0 Å². The Morgan fingerprint density at radius 1 is 1.64 bits per heavy atom. The maximum Gasteiger partial charge on any atom is 0.255 e. The number of aromatic nitrogens is 1. The van der Waals surface area contributed by atoms with Crippen LogP contribution in [0.2, 0.25) is 0 Å². The first-order valence-corrected chi connectivity index (χ1v) is 3.28. The second-order valence-corrected chi connectivity index (χ2v) is 1.93. The van der Waals surface area contributed by atoms with Gasteiger partial charge < -0.3 is 10.5 Å². The molecule has 2 N–H and O–H groups in total. The Morgan fingerprint density at radius 2 is 2.45 bits per heavy atom. The van der Waals surface area contributed by atoms with E-state index in [-0.39, 0.29) is 5.75 Å². The first kappa shape index (κ1) is 7.94. The number of hydrogen-bond acceptors (Lipinski definition) is 3. The van der Waals surface area contributed by atoms with Crippen molar-refractivity contribution < 1.29 is 9.13 Å². The molecule has 4 heteroatoms. The summed E-state index contributed by atoms with van der Waals surface area (Å²) in [4.78, 5) is 3.40. The number of rotatable bonds is 3. The molecule has 0 amide bonds. The zero-order valence-corrected chi connectivity index (χ0v) is 5.96. The second kappa shape index (κ2) is 3.88. The molecule has 0 spiro atoms. The Kier molecular flexibility index (Phi) is 2.80. The molecule has 0 unspecified atom stereocenters. The third kappa shape index (κ3) is 2.16. The molecule has 0 aliphatic rings. The normalized spacial score (nSPS) is 9.64. The molecule has 0 radical (unpaired) electrons. The van der Waals surface area contributed by atoms with Crippen LogP contribution in [0.3, 0.4) is 0 Å². The Hall–Kier alpha value is -1.16. The number of nitrogens with zero attached hydrogens (tertiary/aromatic N) is 1. The molecule has 0 saturated heterocycles. The van der Waals surface area contributed by atoms with Crippen molar-refractivity contribution in [3.8, 4) is 5.75 Å². The number of pyridine rings is 1. The minimum Gasteiger partial charge on any atom is -0.487 e. The first-order chi connectivity index (χ1) is 5.34. The first-order valence-electron chi connectivity index (χ1n) is 3.28. The van der Waals surface area contributed by atoms with Crippen molar-refractivity contribution in [1.82, 2.24) is 4.98 Å². The van der Waals surface area contributed by atoms with Gasteiger partial charge in [-0.05, 0) is 12.1 Å². The summed E-state index contributed by atoms with van der Waals surface area (Å²) in [6.07, 6.45) is 1.37. The zero-order chi connectivity index (χ0) is 8.10. The van der Waals surface area contributed by atoms with E-state index >= 15 is 0 Å². The van der Waals surface area contributed by atoms with Crippen molar-refractivity contribution in [2.75, 3.05) is 13.2 Å². The summed E-state index contributed by atoms with van der Waals surface area (Å²) in [6.45, 7) is 0.678. The highest BCUT2D eigenvalue weighted by molar-refractivity contribution is 5.17. The quantitative estimate of drug-likeness (QED) is 0.649. The van der Waals surface area contributed by atoms with Crippen molar-refractivity contribution in [3.63, 3.8) is 0 Å². The molecule has 1 aromatic rings. The van der Waals surface area contributed by atoms with Crippen molar-refractivity contribution in [2.45, 2.75) is 0 Å². The maximum absolute atomic E-state index is 12.6. The smallest absolute Gasteiger partial charge is 0.255 e. The van der Waals surface area contributed by atoms with Gasteiger partial charge in [0, 0.05) is 12.7 Å². The van der Waals surface area contributed by atoms with Gasteiger partial charge in [-0.3, -0.25) is 0 Å². The summed E-state index contributed by atoms with van der Waals surface area (Å²) >= 11 is 0. The van der Waals surface area contributed by atoms with Gasteiger partial charge in [-0.25, -0.2) is 4.98 Å². The highest BCUT2D eigenvalue weighted by Crippen LogP contribution is 2.11. The van der Waals surface area contributed by atoms with E-state index in [4.69, 9.17) is 10.5 Å². The van der Waals surface area contributed by atoms with Gasteiger partial charge in [0.15, 0.2) is 5.75 Å². The molecule has 60 valence electrons. The van der Waals surface area contributed by atoms with Crippen LogP contribution < -0.4 is 10.5 Å². The average molecular weight is 155 g/mol. The number of nitrogens with two attached hydrogens (primary N) is 1. The second-order valence-electron chi connectivity index (χ2n) is 1.93. The van der Waals surface area contributed by atoms with Gasteiger partial charge in [0.25, 0.3) is 5.95 Å². The highest BCUT2D eigenvalue weighted by Gasteiger charge is 2.00. The molecular formula is C7H9FN2O. The molecule has 0 saturated carbocycles. The number of halogens is 1. The van der Waals surface area contributed by atoms with Crippen LogP contribution in [-0.2, 0) is 0 Å². The molecule has 0 aliphatic carbocycles. The van der Waals surface area contributed by atoms with E-state index in [9.17, 15) is 4.39 Å². The van der Waals surface area contributed by atoms with E-state index in [0.29, 0.717) is 13.2 Å². The molecule has 0 bridgehead atoms. The Balaban J connectivity index is 2.62. The van der Waals surface area contributed by atoms with Gasteiger partial charge in [-0.2, -0.15) is 4.39 Å². The van der Waals surface area contributed by atoms with Crippen LogP contribution in [-0.4, -0.2) is 18.1 Å². The lowest BCUT2D eigenvalue weighted by Gasteiger charge is -2.02. The monoisotopic (exact) mass is 155 g/mol. The molecule has 1 aromatic heterocycles. The minimum atomic E-state index is -0.596. The maximum atomic E-state index is 12.6. The topological polar surface area (TPSA) is 48.1 Å². The number of ether oxygens (including phenoxy) is 1.